The topological polar surface area (TPSA) is 71.0 Å². The monoisotopic (exact) mass is 472 g/mol. The molecular formula is C26H36N2O4S. The fraction of sp³-hybridized carbons (Fsp3) is 0.500. The third-order valence-electron chi connectivity index (χ3n) is 5.43. The zero-order valence-electron chi connectivity index (χ0n) is 20.2. The van der Waals surface area contributed by atoms with Gasteiger partial charge in [0.05, 0.1) is 19.3 Å². The summed E-state index contributed by atoms with van der Waals surface area (Å²) >= 11 is 1.66. The number of fused-ring (bicyclic) bond motifs is 1. The Hall–Kier alpha value is -2.22. The number of hydrogen-bond acceptors (Lipinski definition) is 6. The summed E-state index contributed by atoms with van der Waals surface area (Å²) in [6.07, 6.45) is 0.188. The lowest BCUT2D eigenvalue weighted by Crippen LogP contribution is -2.50. The quantitative estimate of drug-likeness (QED) is 0.570. The zero-order chi connectivity index (χ0) is 24.0. The van der Waals surface area contributed by atoms with E-state index in [1.54, 1.807) is 19.1 Å². The van der Waals surface area contributed by atoms with E-state index in [9.17, 15) is 9.90 Å². The highest BCUT2D eigenvalue weighted by Gasteiger charge is 2.29. The van der Waals surface area contributed by atoms with Gasteiger partial charge in [-0.3, -0.25) is 0 Å². The lowest BCUT2D eigenvalue weighted by atomic mass is 9.99. The molecule has 1 aliphatic heterocycles. The average Bonchev–Trinajstić information content (AvgIpc) is 2.89. The molecule has 0 saturated carbocycles. The van der Waals surface area contributed by atoms with E-state index >= 15 is 0 Å². The molecule has 3 atom stereocenters. The zero-order valence-corrected chi connectivity index (χ0v) is 21.0. The summed E-state index contributed by atoms with van der Waals surface area (Å²) in [5.74, 6) is 1.28. The molecule has 1 aliphatic rings. The minimum absolute atomic E-state index is 0.421. The van der Waals surface area contributed by atoms with Crippen molar-refractivity contribution >= 4 is 18.0 Å². The predicted molar refractivity (Wildman–Crippen MR) is 133 cm³/mol. The van der Waals surface area contributed by atoms with Crippen LogP contribution in [0.25, 0.3) is 0 Å². The molecule has 180 valence electrons. The molecule has 2 N–H and O–H groups in total. The van der Waals surface area contributed by atoms with Crippen molar-refractivity contribution in [2.75, 3.05) is 20.2 Å². The van der Waals surface area contributed by atoms with Gasteiger partial charge in [-0.05, 0) is 80.8 Å². The van der Waals surface area contributed by atoms with Crippen LogP contribution >= 0.6 is 11.9 Å². The largest absolute Gasteiger partial charge is 0.497 e. The van der Waals surface area contributed by atoms with Crippen LogP contribution in [-0.2, 0) is 17.6 Å². The molecule has 1 unspecified atom stereocenters. The van der Waals surface area contributed by atoms with Crippen molar-refractivity contribution in [3.63, 3.8) is 0 Å². The molecule has 3 rings (SSSR count). The Morgan fingerprint density at radius 1 is 1.24 bits per heavy atom. The maximum atomic E-state index is 12.5. The van der Waals surface area contributed by atoms with Crippen LogP contribution in [0, 0.1) is 5.92 Å². The average molecular weight is 473 g/mol. The van der Waals surface area contributed by atoms with E-state index in [-0.39, 0.29) is 0 Å². The van der Waals surface area contributed by atoms with E-state index in [1.807, 2.05) is 57.2 Å². The molecule has 1 heterocycles. The maximum absolute atomic E-state index is 12.5. The fourth-order valence-corrected chi connectivity index (χ4v) is 5.18. The normalized spacial score (nSPS) is 18.5. The number of carbonyl (C=O) groups excluding carboxylic acids is 1. The molecule has 0 saturated heterocycles. The van der Waals surface area contributed by atoms with Gasteiger partial charge in [-0.15, -0.1) is 0 Å². The highest BCUT2D eigenvalue weighted by atomic mass is 32.2. The van der Waals surface area contributed by atoms with Crippen molar-refractivity contribution in [2.24, 2.45) is 5.92 Å². The maximum Gasteiger partial charge on any atom is 0.407 e. The van der Waals surface area contributed by atoms with E-state index in [0.29, 0.717) is 18.9 Å². The van der Waals surface area contributed by atoms with Crippen LogP contribution in [0.5, 0.6) is 5.75 Å². The van der Waals surface area contributed by atoms with Crippen LogP contribution in [0.2, 0.25) is 0 Å². The van der Waals surface area contributed by atoms with Gasteiger partial charge in [0.25, 0.3) is 0 Å². The Bertz CT molecular complexity index is 916. The molecule has 0 radical (unpaired) electrons. The number of aliphatic hydroxyl groups excluding tert-OH is 1. The molecule has 7 heteroatoms. The van der Waals surface area contributed by atoms with Crippen LogP contribution in [0.3, 0.4) is 0 Å². The van der Waals surface area contributed by atoms with Gasteiger partial charge in [-0.1, -0.05) is 37.3 Å². The van der Waals surface area contributed by atoms with Gasteiger partial charge in [0.15, 0.2) is 0 Å². The number of methoxy groups -OCH3 is 1. The minimum atomic E-state index is -0.766. The third kappa shape index (κ3) is 7.95. The smallest absolute Gasteiger partial charge is 0.407 e. The highest BCUT2D eigenvalue weighted by Crippen LogP contribution is 2.35. The Morgan fingerprint density at radius 3 is 2.64 bits per heavy atom. The number of β-amino-alcohol motifs (C(OH)–C–C–N with tert-alkyl or cyclic N) is 1. The molecule has 0 aromatic heterocycles. The van der Waals surface area contributed by atoms with Gasteiger partial charge in [0, 0.05) is 18.0 Å². The number of ether oxygens (including phenoxy) is 2. The second-order valence-electron chi connectivity index (χ2n) is 9.73. The van der Waals surface area contributed by atoms with Crippen molar-refractivity contribution in [3.8, 4) is 5.75 Å². The van der Waals surface area contributed by atoms with Crippen LogP contribution in [0.4, 0.5) is 4.79 Å². The minimum Gasteiger partial charge on any atom is -0.497 e. The van der Waals surface area contributed by atoms with Gasteiger partial charge in [0.1, 0.15) is 11.4 Å². The first-order valence-corrected chi connectivity index (χ1v) is 12.2. The fourth-order valence-electron chi connectivity index (χ4n) is 3.95. The standard InChI is InChI=1S/C26H36N2O4S/c1-18-13-20-15-21(31-5)11-12-24(20)33-28(16-18)17-23(29)22(14-19-9-7-6-8-10-19)27-25(30)32-26(2,3)4/h6-12,15,18,22-23,29H,13-14,16-17H2,1-5H3,(H,27,30)/t18-,22?,23+/m0/s1. The molecule has 1 amide bonds. The first-order valence-electron chi connectivity index (χ1n) is 11.4. The summed E-state index contributed by atoms with van der Waals surface area (Å²) in [4.78, 5) is 13.7. The Morgan fingerprint density at radius 2 is 1.97 bits per heavy atom. The summed E-state index contributed by atoms with van der Waals surface area (Å²) in [6.45, 7) is 8.97. The number of hydrogen-bond donors (Lipinski definition) is 2. The molecule has 2 aromatic carbocycles. The lowest BCUT2D eigenvalue weighted by Gasteiger charge is -2.30. The van der Waals surface area contributed by atoms with Crippen molar-refractivity contribution in [1.82, 2.24) is 9.62 Å². The summed E-state index contributed by atoms with van der Waals surface area (Å²) in [7, 11) is 1.68. The second kappa shape index (κ2) is 11.3. The van der Waals surface area contributed by atoms with E-state index in [2.05, 4.69) is 28.7 Å². The van der Waals surface area contributed by atoms with Gasteiger partial charge >= 0.3 is 6.09 Å². The lowest BCUT2D eigenvalue weighted by molar-refractivity contribution is 0.0402. The van der Waals surface area contributed by atoms with Crippen molar-refractivity contribution in [1.29, 1.82) is 0 Å². The molecule has 0 spiro atoms. The van der Waals surface area contributed by atoms with E-state index in [0.717, 1.165) is 24.3 Å². The van der Waals surface area contributed by atoms with Gasteiger partial charge in [0.2, 0.25) is 0 Å². The molecule has 0 aliphatic carbocycles. The van der Waals surface area contributed by atoms with Crippen molar-refractivity contribution in [2.45, 2.75) is 63.2 Å². The summed E-state index contributed by atoms with van der Waals surface area (Å²) in [5.41, 5.74) is 1.70. The number of nitrogens with zero attached hydrogens (tertiary/aromatic N) is 1. The summed E-state index contributed by atoms with van der Waals surface area (Å²) < 4.78 is 13.0. The Kier molecular flexibility index (Phi) is 8.68. The van der Waals surface area contributed by atoms with Crippen LogP contribution < -0.4 is 10.1 Å². The second-order valence-corrected chi connectivity index (χ2v) is 10.9. The summed E-state index contributed by atoms with van der Waals surface area (Å²) in [6, 6.07) is 15.6. The van der Waals surface area contributed by atoms with Gasteiger partial charge in [-0.25, -0.2) is 9.10 Å². The van der Waals surface area contributed by atoms with Gasteiger partial charge in [-0.2, -0.15) is 0 Å². The van der Waals surface area contributed by atoms with Crippen LogP contribution in [0.15, 0.2) is 53.4 Å². The Labute approximate surface area is 201 Å². The molecule has 0 bridgehead atoms. The van der Waals surface area contributed by atoms with E-state index in [4.69, 9.17) is 9.47 Å². The van der Waals surface area contributed by atoms with E-state index in [1.165, 1.54) is 10.5 Å². The van der Waals surface area contributed by atoms with Crippen molar-refractivity contribution in [3.05, 3.63) is 59.7 Å². The van der Waals surface area contributed by atoms with Crippen LogP contribution in [-0.4, -0.2) is 53.5 Å². The number of carbonyl (C=O) groups is 1. The van der Waals surface area contributed by atoms with Gasteiger partial charge < -0.3 is 19.9 Å². The number of benzene rings is 2. The van der Waals surface area contributed by atoms with Crippen molar-refractivity contribution < 1.29 is 19.4 Å². The number of nitrogens with one attached hydrogen (secondary N) is 1. The number of rotatable bonds is 7. The van der Waals surface area contributed by atoms with E-state index < -0.39 is 23.8 Å². The summed E-state index contributed by atoms with van der Waals surface area (Å²) in [5, 5.41) is 14.1. The molecule has 2 aromatic rings. The third-order valence-corrected chi connectivity index (χ3v) is 6.59. The number of alkyl carbamates (subject to hydrolysis) is 1. The molecule has 33 heavy (non-hydrogen) atoms. The highest BCUT2D eigenvalue weighted by molar-refractivity contribution is 7.97. The van der Waals surface area contributed by atoms with Crippen LogP contribution in [0.1, 0.15) is 38.8 Å². The molecule has 6 nitrogen and oxygen atoms in total. The first kappa shape index (κ1) is 25.4. The SMILES string of the molecule is COc1ccc2c(c1)C[C@H](C)CN(C[C@@H](O)C(Cc1ccccc1)NC(=O)OC(C)(C)C)S2. The predicted octanol–water partition coefficient (Wildman–Crippen LogP) is 4.69. The molecule has 0 fully saturated rings. The number of aliphatic hydroxyl groups is 1. The number of amides is 1. The Balaban J connectivity index is 1.73. The molecular weight excluding hydrogens is 436 g/mol. The first-order chi connectivity index (χ1) is 15.6.